The number of hydroxylamine groups is 2. The van der Waals surface area contributed by atoms with Crippen LogP contribution in [0.5, 0.6) is 11.5 Å². The predicted octanol–water partition coefficient (Wildman–Crippen LogP) is 3.51. The normalized spacial score (nSPS) is 10.6. The van der Waals surface area contributed by atoms with E-state index in [4.69, 9.17) is 14.3 Å². The maximum absolute atomic E-state index is 12.4. The number of carbonyl (C=O) groups is 2. The van der Waals surface area contributed by atoms with Gasteiger partial charge in [-0.2, -0.15) is 0 Å². The number of nitrogens with zero attached hydrogens (tertiary/aromatic N) is 1. The molecular weight excluding hydrogens is 346 g/mol. The molecule has 27 heavy (non-hydrogen) atoms. The number of carbonyl (C=O) groups excluding carboxylic acids is 2. The summed E-state index contributed by atoms with van der Waals surface area (Å²) in [7, 11) is 3.15. The second kappa shape index (κ2) is 10.1. The van der Waals surface area contributed by atoms with E-state index in [2.05, 4.69) is 0 Å². The quantitative estimate of drug-likeness (QED) is 0.384. The Hall–Kier alpha value is -3.12. The van der Waals surface area contributed by atoms with Gasteiger partial charge >= 0.3 is 0 Å². The van der Waals surface area contributed by atoms with Gasteiger partial charge in [-0.25, -0.2) is 5.06 Å². The first-order chi connectivity index (χ1) is 13.1. The fourth-order valence-electron chi connectivity index (χ4n) is 2.37. The average Bonchev–Trinajstić information content (AvgIpc) is 2.72. The number of amides is 1. The predicted molar refractivity (Wildman–Crippen MR) is 103 cm³/mol. The largest absolute Gasteiger partial charge is 0.497 e. The lowest BCUT2D eigenvalue weighted by Gasteiger charge is -2.19. The van der Waals surface area contributed by atoms with Crippen molar-refractivity contribution in [2.75, 3.05) is 20.8 Å². The first-order valence-electron chi connectivity index (χ1n) is 8.50. The first kappa shape index (κ1) is 20.2. The number of rotatable bonds is 9. The van der Waals surface area contributed by atoms with Gasteiger partial charge in [-0.1, -0.05) is 24.3 Å². The molecule has 6 heteroatoms. The summed E-state index contributed by atoms with van der Waals surface area (Å²) in [5.74, 6) is 1.04. The maximum atomic E-state index is 12.4. The molecule has 0 N–H and O–H groups in total. The molecule has 0 radical (unpaired) electrons. The second-order valence-electron chi connectivity index (χ2n) is 5.60. The Bertz CT molecular complexity index is 799. The van der Waals surface area contributed by atoms with E-state index in [-0.39, 0.29) is 12.5 Å². The van der Waals surface area contributed by atoms with Gasteiger partial charge in [0.25, 0.3) is 5.91 Å². The van der Waals surface area contributed by atoms with Gasteiger partial charge in [0.1, 0.15) is 24.4 Å². The Kier molecular flexibility index (Phi) is 7.58. The maximum Gasteiger partial charge on any atom is 0.270 e. The average molecular weight is 369 g/mol. The van der Waals surface area contributed by atoms with E-state index >= 15 is 0 Å². The minimum absolute atomic E-state index is 0.189. The van der Waals surface area contributed by atoms with Crippen molar-refractivity contribution in [1.82, 2.24) is 5.06 Å². The van der Waals surface area contributed by atoms with E-state index < -0.39 is 0 Å². The SMILES string of the molecule is CCN(OCc1ccc(OC)cc1OC)C(=O)C=Cc1ccc(C=O)cc1. The summed E-state index contributed by atoms with van der Waals surface area (Å²) in [6.45, 7) is 2.41. The van der Waals surface area contributed by atoms with Crippen molar-refractivity contribution >= 4 is 18.3 Å². The van der Waals surface area contributed by atoms with Crippen LogP contribution in [0.3, 0.4) is 0 Å². The Labute approximate surface area is 158 Å². The molecule has 6 nitrogen and oxygen atoms in total. The van der Waals surface area contributed by atoms with Crippen LogP contribution >= 0.6 is 0 Å². The van der Waals surface area contributed by atoms with Crippen LogP contribution in [0.25, 0.3) is 6.08 Å². The molecule has 0 bridgehead atoms. The topological polar surface area (TPSA) is 65.1 Å². The third-order valence-corrected chi connectivity index (χ3v) is 3.89. The zero-order chi connectivity index (χ0) is 19.6. The van der Waals surface area contributed by atoms with Crippen LogP contribution in [0, 0.1) is 0 Å². The summed E-state index contributed by atoms with van der Waals surface area (Å²) >= 11 is 0. The summed E-state index contributed by atoms with van der Waals surface area (Å²) < 4.78 is 10.5. The van der Waals surface area contributed by atoms with Crippen LogP contribution in [-0.2, 0) is 16.2 Å². The van der Waals surface area contributed by atoms with Crippen molar-refractivity contribution in [3.63, 3.8) is 0 Å². The van der Waals surface area contributed by atoms with E-state index in [9.17, 15) is 9.59 Å². The molecule has 0 saturated heterocycles. The van der Waals surface area contributed by atoms with Gasteiger partial charge < -0.3 is 9.47 Å². The molecule has 0 aliphatic rings. The summed E-state index contributed by atoms with van der Waals surface area (Å²) in [5.41, 5.74) is 2.21. The lowest BCUT2D eigenvalue weighted by molar-refractivity contribution is -0.184. The van der Waals surface area contributed by atoms with Crippen LogP contribution in [0.1, 0.15) is 28.4 Å². The standard InChI is InChI=1S/C21H23NO5/c1-4-22(21(24)12-9-16-5-7-17(14-23)8-6-16)27-15-18-10-11-19(25-2)13-20(18)26-3/h5-14H,4,15H2,1-3H3. The highest BCUT2D eigenvalue weighted by molar-refractivity contribution is 5.91. The summed E-state index contributed by atoms with van der Waals surface area (Å²) in [6.07, 6.45) is 3.89. The molecular formula is C21H23NO5. The zero-order valence-corrected chi connectivity index (χ0v) is 15.7. The van der Waals surface area contributed by atoms with Gasteiger partial charge in [0.2, 0.25) is 0 Å². The minimum atomic E-state index is -0.274. The van der Waals surface area contributed by atoms with E-state index in [1.165, 1.54) is 11.1 Å². The van der Waals surface area contributed by atoms with Gasteiger partial charge in [-0.05, 0) is 30.7 Å². The van der Waals surface area contributed by atoms with Crippen LogP contribution in [0.4, 0.5) is 0 Å². The molecule has 0 heterocycles. The second-order valence-corrected chi connectivity index (χ2v) is 5.60. The van der Waals surface area contributed by atoms with Gasteiger partial charge in [-0.3, -0.25) is 14.4 Å². The number of hydrogen-bond donors (Lipinski definition) is 0. The van der Waals surface area contributed by atoms with Crippen LogP contribution in [-0.4, -0.2) is 38.0 Å². The lowest BCUT2D eigenvalue weighted by atomic mass is 10.1. The van der Waals surface area contributed by atoms with Crippen LogP contribution < -0.4 is 9.47 Å². The molecule has 142 valence electrons. The fourth-order valence-corrected chi connectivity index (χ4v) is 2.37. The highest BCUT2D eigenvalue weighted by Gasteiger charge is 2.12. The Morgan fingerprint density at radius 3 is 2.33 bits per heavy atom. The fraction of sp³-hybridized carbons (Fsp3) is 0.238. The monoisotopic (exact) mass is 369 g/mol. The van der Waals surface area contributed by atoms with E-state index in [0.29, 0.717) is 23.6 Å². The summed E-state index contributed by atoms with van der Waals surface area (Å²) in [6, 6.07) is 12.3. The van der Waals surface area contributed by atoms with Crippen molar-refractivity contribution in [2.45, 2.75) is 13.5 Å². The Balaban J connectivity index is 2.00. The summed E-state index contributed by atoms with van der Waals surface area (Å²) in [5, 5.41) is 1.28. The van der Waals surface area contributed by atoms with Gasteiger partial charge in [0, 0.05) is 29.8 Å². The molecule has 0 saturated carbocycles. The number of aldehydes is 1. The van der Waals surface area contributed by atoms with Crippen molar-refractivity contribution in [3.8, 4) is 11.5 Å². The zero-order valence-electron chi connectivity index (χ0n) is 15.7. The molecule has 0 spiro atoms. The lowest BCUT2D eigenvalue weighted by Crippen LogP contribution is -2.29. The third-order valence-electron chi connectivity index (χ3n) is 3.89. The molecule has 2 aromatic rings. The van der Waals surface area contributed by atoms with E-state index in [0.717, 1.165) is 17.4 Å². The molecule has 2 rings (SSSR count). The van der Waals surface area contributed by atoms with Gasteiger partial charge in [-0.15, -0.1) is 0 Å². The Morgan fingerprint density at radius 2 is 1.74 bits per heavy atom. The minimum Gasteiger partial charge on any atom is -0.497 e. The molecule has 1 amide bonds. The van der Waals surface area contributed by atoms with Crippen LogP contribution in [0.15, 0.2) is 48.5 Å². The van der Waals surface area contributed by atoms with Crippen molar-refractivity contribution in [1.29, 1.82) is 0 Å². The first-order valence-corrected chi connectivity index (χ1v) is 8.50. The summed E-state index contributed by atoms with van der Waals surface area (Å²) in [4.78, 5) is 28.7. The van der Waals surface area contributed by atoms with Crippen molar-refractivity contribution in [3.05, 3.63) is 65.2 Å². The Morgan fingerprint density at radius 1 is 1.04 bits per heavy atom. The van der Waals surface area contributed by atoms with E-state index in [1.807, 2.05) is 19.1 Å². The number of benzene rings is 2. The number of hydrogen-bond acceptors (Lipinski definition) is 5. The molecule has 0 atom stereocenters. The van der Waals surface area contributed by atoms with Crippen molar-refractivity contribution in [2.24, 2.45) is 0 Å². The van der Waals surface area contributed by atoms with E-state index in [1.54, 1.807) is 50.6 Å². The molecule has 0 aliphatic carbocycles. The molecule has 2 aromatic carbocycles. The molecule has 0 aliphatic heterocycles. The van der Waals surface area contributed by atoms with Gasteiger partial charge in [0.05, 0.1) is 14.2 Å². The van der Waals surface area contributed by atoms with Gasteiger partial charge in [0.15, 0.2) is 0 Å². The molecule has 0 fully saturated rings. The molecule has 0 aromatic heterocycles. The number of likely N-dealkylation sites (N-methyl/N-ethyl adjacent to an activating group) is 1. The number of methoxy groups -OCH3 is 2. The highest BCUT2D eigenvalue weighted by atomic mass is 16.7. The molecule has 0 unspecified atom stereocenters. The smallest absolute Gasteiger partial charge is 0.270 e. The van der Waals surface area contributed by atoms with Crippen molar-refractivity contribution < 1.29 is 23.9 Å². The van der Waals surface area contributed by atoms with Crippen LogP contribution in [0.2, 0.25) is 0 Å². The third kappa shape index (κ3) is 5.69. The highest BCUT2D eigenvalue weighted by Crippen LogP contribution is 2.25. The number of ether oxygens (including phenoxy) is 2.